The Morgan fingerprint density at radius 2 is 2.14 bits per heavy atom. The van der Waals surface area contributed by atoms with Gasteiger partial charge in [-0.1, -0.05) is 6.92 Å². The molecule has 1 aliphatic heterocycles. The molecule has 0 aromatic heterocycles. The van der Waals surface area contributed by atoms with Gasteiger partial charge in [0.2, 0.25) is 0 Å². The van der Waals surface area contributed by atoms with Gasteiger partial charge in [-0.3, -0.25) is 0 Å². The van der Waals surface area contributed by atoms with E-state index in [1.807, 2.05) is 6.92 Å². The lowest BCUT2D eigenvalue weighted by atomic mass is 10.3. The predicted molar refractivity (Wildman–Crippen MR) is 47.1 cm³/mol. The van der Waals surface area contributed by atoms with E-state index in [4.69, 9.17) is 4.74 Å². The molecule has 0 saturated carbocycles. The molecule has 0 aromatic carbocycles. The van der Waals surface area contributed by atoms with Crippen molar-refractivity contribution in [3.8, 4) is 0 Å². The molecule has 1 fully saturated rings. The summed E-state index contributed by atoms with van der Waals surface area (Å²) in [6.07, 6.45) is -4.08. The van der Waals surface area contributed by atoms with Crippen molar-refractivity contribution in [1.82, 2.24) is 4.90 Å². The van der Waals surface area contributed by atoms with Gasteiger partial charge < -0.3 is 9.64 Å². The van der Waals surface area contributed by atoms with E-state index in [-0.39, 0.29) is 12.7 Å². The monoisotopic (exact) mass is 211 g/mol. The van der Waals surface area contributed by atoms with Crippen LogP contribution in [0.2, 0.25) is 0 Å². The molecule has 1 aliphatic rings. The number of rotatable bonds is 4. The van der Waals surface area contributed by atoms with Gasteiger partial charge in [-0.05, 0) is 13.0 Å². The van der Waals surface area contributed by atoms with Crippen molar-refractivity contribution in [3.63, 3.8) is 0 Å². The third-order valence-electron chi connectivity index (χ3n) is 2.42. The first kappa shape index (κ1) is 11.8. The summed E-state index contributed by atoms with van der Waals surface area (Å²) in [6.45, 7) is 4.49. The first-order valence-corrected chi connectivity index (χ1v) is 4.92. The molecule has 0 spiro atoms. The SMILES string of the molecule is CCN1CCC(OCCC(F)(F)F)C1. The van der Waals surface area contributed by atoms with Crippen LogP contribution in [-0.2, 0) is 4.74 Å². The van der Waals surface area contributed by atoms with Crippen molar-refractivity contribution in [3.05, 3.63) is 0 Å². The Morgan fingerprint density at radius 1 is 1.43 bits per heavy atom. The first-order valence-electron chi connectivity index (χ1n) is 4.92. The van der Waals surface area contributed by atoms with Crippen LogP contribution in [0.25, 0.3) is 0 Å². The molecule has 1 rings (SSSR count). The highest BCUT2D eigenvalue weighted by molar-refractivity contribution is 4.74. The highest BCUT2D eigenvalue weighted by atomic mass is 19.4. The number of ether oxygens (including phenoxy) is 1. The maximum Gasteiger partial charge on any atom is 0.391 e. The third kappa shape index (κ3) is 4.28. The normalized spacial score (nSPS) is 24.4. The van der Waals surface area contributed by atoms with E-state index < -0.39 is 12.6 Å². The molecule has 2 nitrogen and oxygen atoms in total. The molecule has 5 heteroatoms. The van der Waals surface area contributed by atoms with E-state index >= 15 is 0 Å². The number of alkyl halides is 3. The molecular formula is C9H16F3NO. The average Bonchev–Trinajstić information content (AvgIpc) is 2.50. The fraction of sp³-hybridized carbons (Fsp3) is 1.00. The third-order valence-corrected chi connectivity index (χ3v) is 2.42. The molecule has 1 saturated heterocycles. The molecule has 0 aliphatic carbocycles. The Balaban J connectivity index is 2.09. The molecule has 1 atom stereocenters. The molecule has 0 bridgehead atoms. The summed E-state index contributed by atoms with van der Waals surface area (Å²) in [5, 5.41) is 0. The van der Waals surface area contributed by atoms with Crippen molar-refractivity contribution in [2.24, 2.45) is 0 Å². The second kappa shape index (κ2) is 4.98. The van der Waals surface area contributed by atoms with E-state index in [1.54, 1.807) is 0 Å². The zero-order valence-corrected chi connectivity index (χ0v) is 8.31. The molecule has 14 heavy (non-hydrogen) atoms. The van der Waals surface area contributed by atoms with Gasteiger partial charge in [0.25, 0.3) is 0 Å². The minimum absolute atomic E-state index is 0.00250. The Morgan fingerprint density at radius 3 is 2.64 bits per heavy atom. The number of hydrogen-bond acceptors (Lipinski definition) is 2. The van der Waals surface area contributed by atoms with E-state index in [2.05, 4.69) is 4.90 Å². The standard InChI is InChI=1S/C9H16F3NO/c1-2-13-5-3-8(7-13)14-6-4-9(10,11)12/h8H,2-7H2,1H3. The van der Waals surface area contributed by atoms with Gasteiger partial charge in [-0.25, -0.2) is 0 Å². The predicted octanol–water partition coefficient (Wildman–Crippen LogP) is 2.05. The van der Waals surface area contributed by atoms with Crippen LogP contribution < -0.4 is 0 Å². The summed E-state index contributed by atoms with van der Waals surface area (Å²) in [5.74, 6) is 0. The summed E-state index contributed by atoms with van der Waals surface area (Å²) in [4.78, 5) is 2.18. The highest BCUT2D eigenvalue weighted by Crippen LogP contribution is 2.20. The smallest absolute Gasteiger partial charge is 0.376 e. The lowest BCUT2D eigenvalue weighted by Crippen LogP contribution is -2.24. The van der Waals surface area contributed by atoms with E-state index in [9.17, 15) is 13.2 Å². The summed E-state index contributed by atoms with van der Waals surface area (Å²) in [7, 11) is 0. The maximum atomic E-state index is 11.8. The number of likely N-dealkylation sites (N-methyl/N-ethyl adjacent to an activating group) is 1. The molecule has 0 radical (unpaired) electrons. The second-order valence-corrected chi connectivity index (χ2v) is 3.54. The van der Waals surface area contributed by atoms with Gasteiger partial charge in [0.15, 0.2) is 0 Å². The second-order valence-electron chi connectivity index (χ2n) is 3.54. The van der Waals surface area contributed by atoms with E-state index in [1.165, 1.54) is 0 Å². The van der Waals surface area contributed by atoms with Crippen LogP contribution in [-0.4, -0.2) is 43.4 Å². The summed E-state index contributed by atoms with van der Waals surface area (Å²) < 4.78 is 40.5. The quantitative estimate of drug-likeness (QED) is 0.705. The molecule has 0 N–H and O–H groups in total. The first-order chi connectivity index (χ1) is 6.51. The van der Waals surface area contributed by atoms with Crippen LogP contribution in [0.5, 0.6) is 0 Å². The van der Waals surface area contributed by atoms with Gasteiger partial charge >= 0.3 is 6.18 Å². The van der Waals surface area contributed by atoms with E-state index in [0.29, 0.717) is 0 Å². The largest absolute Gasteiger partial charge is 0.391 e. The van der Waals surface area contributed by atoms with Crippen LogP contribution in [0.15, 0.2) is 0 Å². The molecular weight excluding hydrogens is 195 g/mol. The highest BCUT2D eigenvalue weighted by Gasteiger charge is 2.28. The van der Waals surface area contributed by atoms with Gasteiger partial charge in [0.1, 0.15) is 0 Å². The minimum Gasteiger partial charge on any atom is -0.376 e. The van der Waals surface area contributed by atoms with Crippen molar-refractivity contribution in [2.45, 2.75) is 32.0 Å². The molecule has 1 heterocycles. The van der Waals surface area contributed by atoms with Gasteiger partial charge in [0, 0.05) is 13.1 Å². The van der Waals surface area contributed by atoms with Crippen molar-refractivity contribution >= 4 is 0 Å². The minimum atomic E-state index is -4.09. The lowest BCUT2D eigenvalue weighted by molar-refractivity contribution is -0.148. The summed E-state index contributed by atoms with van der Waals surface area (Å²) in [5.41, 5.74) is 0. The number of halogens is 3. The Hall–Kier alpha value is -0.290. The van der Waals surface area contributed by atoms with Crippen molar-refractivity contribution < 1.29 is 17.9 Å². The van der Waals surface area contributed by atoms with Crippen LogP contribution in [0.3, 0.4) is 0 Å². The fourth-order valence-electron chi connectivity index (χ4n) is 1.56. The number of likely N-dealkylation sites (tertiary alicyclic amines) is 1. The van der Waals surface area contributed by atoms with Crippen molar-refractivity contribution in [2.75, 3.05) is 26.2 Å². The van der Waals surface area contributed by atoms with Crippen LogP contribution in [0.1, 0.15) is 19.8 Å². The maximum absolute atomic E-state index is 11.8. The molecule has 84 valence electrons. The average molecular weight is 211 g/mol. The lowest BCUT2D eigenvalue weighted by Gasteiger charge is -2.14. The number of nitrogens with zero attached hydrogens (tertiary/aromatic N) is 1. The summed E-state index contributed by atoms with van der Waals surface area (Å²) >= 11 is 0. The molecule has 0 amide bonds. The van der Waals surface area contributed by atoms with Gasteiger partial charge in [0.05, 0.1) is 19.1 Å². The molecule has 0 aromatic rings. The Labute approximate surface area is 82.0 Å². The van der Waals surface area contributed by atoms with E-state index in [0.717, 1.165) is 26.1 Å². The van der Waals surface area contributed by atoms with Crippen LogP contribution in [0, 0.1) is 0 Å². The van der Waals surface area contributed by atoms with Crippen LogP contribution >= 0.6 is 0 Å². The van der Waals surface area contributed by atoms with Crippen LogP contribution in [0.4, 0.5) is 13.2 Å². The van der Waals surface area contributed by atoms with Gasteiger partial charge in [-0.2, -0.15) is 13.2 Å². The summed E-state index contributed by atoms with van der Waals surface area (Å²) in [6, 6.07) is 0. The number of hydrogen-bond donors (Lipinski definition) is 0. The van der Waals surface area contributed by atoms with Gasteiger partial charge in [-0.15, -0.1) is 0 Å². The Kier molecular flexibility index (Phi) is 4.19. The zero-order chi connectivity index (χ0) is 10.6. The fourth-order valence-corrected chi connectivity index (χ4v) is 1.56. The van der Waals surface area contributed by atoms with Crippen molar-refractivity contribution in [1.29, 1.82) is 0 Å². The Bertz CT molecular complexity index is 172. The zero-order valence-electron chi connectivity index (χ0n) is 8.31. The topological polar surface area (TPSA) is 12.5 Å². The molecule has 1 unspecified atom stereocenters.